The van der Waals surface area contributed by atoms with Crippen molar-refractivity contribution >= 4 is 11.7 Å². The van der Waals surface area contributed by atoms with E-state index in [4.69, 9.17) is 0 Å². The second-order valence-corrected chi connectivity index (χ2v) is 7.33. The molecule has 1 amide bonds. The third-order valence-corrected chi connectivity index (χ3v) is 5.14. The van der Waals surface area contributed by atoms with Crippen LogP contribution in [0.15, 0.2) is 48.7 Å². The Morgan fingerprint density at radius 3 is 2.50 bits per heavy atom. The zero-order chi connectivity index (χ0) is 17.8. The van der Waals surface area contributed by atoms with E-state index in [0.717, 1.165) is 45.3 Å². The molecule has 1 aromatic carbocycles. The second kappa shape index (κ2) is 7.87. The number of carbonyl (C=O) groups excluding carboxylic acids is 1. The number of anilines is 1. The predicted octanol–water partition coefficient (Wildman–Crippen LogP) is 3.05. The first kappa shape index (κ1) is 17.0. The van der Waals surface area contributed by atoms with Crippen molar-refractivity contribution in [2.24, 2.45) is 0 Å². The normalized spacial score (nSPS) is 18.5. The summed E-state index contributed by atoms with van der Waals surface area (Å²) in [4.78, 5) is 19.5. The summed E-state index contributed by atoms with van der Waals surface area (Å²) in [6, 6.07) is 15.0. The maximum absolute atomic E-state index is 12.7. The molecule has 0 atom stereocenters. The number of amides is 1. The van der Waals surface area contributed by atoms with Crippen molar-refractivity contribution in [1.29, 1.82) is 0 Å². The minimum Gasteiger partial charge on any atom is -0.367 e. The highest BCUT2D eigenvalue weighted by Gasteiger charge is 2.25. The molecule has 0 bridgehead atoms. The molecule has 1 aliphatic carbocycles. The first-order valence-electron chi connectivity index (χ1n) is 9.56. The summed E-state index contributed by atoms with van der Waals surface area (Å²) in [6.07, 6.45) is 6.05. The van der Waals surface area contributed by atoms with Crippen LogP contribution >= 0.6 is 0 Å². The SMILES string of the molecule is O=C(NC1CCN(Cc2ccccc2)CC1)c1cccnc1NC1CC1. The number of pyridine rings is 1. The Kier molecular flexibility index (Phi) is 5.16. The predicted molar refractivity (Wildman–Crippen MR) is 103 cm³/mol. The quantitative estimate of drug-likeness (QED) is 0.841. The summed E-state index contributed by atoms with van der Waals surface area (Å²) in [7, 11) is 0. The van der Waals surface area contributed by atoms with Crippen LogP contribution in [-0.2, 0) is 6.54 Å². The van der Waals surface area contributed by atoms with Gasteiger partial charge in [0.05, 0.1) is 5.56 Å². The topological polar surface area (TPSA) is 57.3 Å². The van der Waals surface area contributed by atoms with Gasteiger partial charge in [-0.25, -0.2) is 4.98 Å². The Morgan fingerprint density at radius 1 is 1.00 bits per heavy atom. The molecule has 1 saturated heterocycles. The average Bonchev–Trinajstić information content (AvgIpc) is 3.49. The maximum Gasteiger partial charge on any atom is 0.255 e. The van der Waals surface area contributed by atoms with Crippen LogP contribution in [0.4, 0.5) is 5.82 Å². The van der Waals surface area contributed by atoms with Crippen LogP contribution < -0.4 is 10.6 Å². The van der Waals surface area contributed by atoms with Crippen molar-refractivity contribution in [3.8, 4) is 0 Å². The van der Waals surface area contributed by atoms with E-state index in [9.17, 15) is 4.79 Å². The van der Waals surface area contributed by atoms with Gasteiger partial charge in [0.1, 0.15) is 5.82 Å². The van der Waals surface area contributed by atoms with Crippen LogP contribution in [0.25, 0.3) is 0 Å². The maximum atomic E-state index is 12.7. The molecule has 0 spiro atoms. The van der Waals surface area contributed by atoms with Crippen LogP contribution in [0.2, 0.25) is 0 Å². The van der Waals surface area contributed by atoms with Crippen LogP contribution in [-0.4, -0.2) is 41.0 Å². The van der Waals surface area contributed by atoms with E-state index < -0.39 is 0 Å². The van der Waals surface area contributed by atoms with Gasteiger partial charge < -0.3 is 10.6 Å². The van der Waals surface area contributed by atoms with Crippen molar-refractivity contribution in [3.05, 3.63) is 59.8 Å². The largest absolute Gasteiger partial charge is 0.367 e. The number of rotatable bonds is 6. The minimum absolute atomic E-state index is 0.0113. The summed E-state index contributed by atoms with van der Waals surface area (Å²) in [6.45, 7) is 3.01. The number of aromatic nitrogens is 1. The van der Waals surface area contributed by atoms with Crippen molar-refractivity contribution < 1.29 is 4.79 Å². The highest BCUT2D eigenvalue weighted by Crippen LogP contribution is 2.25. The zero-order valence-corrected chi connectivity index (χ0v) is 15.0. The van der Waals surface area contributed by atoms with Gasteiger partial charge in [-0.15, -0.1) is 0 Å². The number of carbonyl (C=O) groups is 1. The highest BCUT2D eigenvalue weighted by atomic mass is 16.1. The summed E-state index contributed by atoms with van der Waals surface area (Å²) >= 11 is 0. The van der Waals surface area contributed by atoms with E-state index in [0.29, 0.717) is 17.4 Å². The lowest BCUT2D eigenvalue weighted by Crippen LogP contribution is -2.44. The van der Waals surface area contributed by atoms with Gasteiger partial charge in [0.2, 0.25) is 0 Å². The molecule has 26 heavy (non-hydrogen) atoms. The fourth-order valence-corrected chi connectivity index (χ4v) is 3.46. The number of benzene rings is 1. The minimum atomic E-state index is -0.0113. The van der Waals surface area contributed by atoms with Gasteiger partial charge in [-0.2, -0.15) is 0 Å². The van der Waals surface area contributed by atoms with Crippen LogP contribution in [0.3, 0.4) is 0 Å². The number of likely N-dealkylation sites (tertiary alicyclic amines) is 1. The molecule has 136 valence electrons. The molecule has 1 saturated carbocycles. The van der Waals surface area contributed by atoms with E-state index in [1.165, 1.54) is 5.56 Å². The summed E-state index contributed by atoms with van der Waals surface area (Å²) in [5, 5.41) is 6.56. The van der Waals surface area contributed by atoms with Gasteiger partial charge in [-0.05, 0) is 43.4 Å². The van der Waals surface area contributed by atoms with Gasteiger partial charge in [-0.1, -0.05) is 30.3 Å². The average molecular weight is 350 g/mol. The number of hydrogen-bond acceptors (Lipinski definition) is 4. The lowest BCUT2D eigenvalue weighted by Gasteiger charge is -2.32. The Bertz CT molecular complexity index is 737. The molecule has 1 aliphatic heterocycles. The molecule has 1 aromatic heterocycles. The van der Waals surface area contributed by atoms with Crippen LogP contribution in [0.5, 0.6) is 0 Å². The fraction of sp³-hybridized carbons (Fsp3) is 0.429. The monoisotopic (exact) mass is 350 g/mol. The van der Waals surface area contributed by atoms with Gasteiger partial charge in [0.25, 0.3) is 5.91 Å². The first-order chi connectivity index (χ1) is 12.8. The molecule has 2 fully saturated rings. The lowest BCUT2D eigenvalue weighted by atomic mass is 10.0. The third kappa shape index (κ3) is 4.41. The van der Waals surface area contributed by atoms with E-state index in [1.54, 1.807) is 6.20 Å². The van der Waals surface area contributed by atoms with E-state index >= 15 is 0 Å². The first-order valence-corrected chi connectivity index (χ1v) is 9.56. The van der Waals surface area contributed by atoms with E-state index in [1.807, 2.05) is 12.1 Å². The molecule has 5 heteroatoms. The van der Waals surface area contributed by atoms with Crippen molar-refractivity contribution in [1.82, 2.24) is 15.2 Å². The highest BCUT2D eigenvalue weighted by molar-refractivity contribution is 5.98. The molecule has 4 rings (SSSR count). The number of nitrogens with zero attached hydrogens (tertiary/aromatic N) is 2. The summed E-state index contributed by atoms with van der Waals surface area (Å²) < 4.78 is 0. The van der Waals surface area contributed by atoms with Gasteiger partial charge in [-0.3, -0.25) is 9.69 Å². The molecule has 2 N–H and O–H groups in total. The Hall–Kier alpha value is -2.40. The lowest BCUT2D eigenvalue weighted by molar-refractivity contribution is 0.0909. The van der Waals surface area contributed by atoms with Gasteiger partial charge in [0.15, 0.2) is 0 Å². The van der Waals surface area contributed by atoms with Gasteiger partial charge >= 0.3 is 0 Å². The summed E-state index contributed by atoms with van der Waals surface area (Å²) in [5.74, 6) is 0.705. The number of nitrogens with one attached hydrogen (secondary N) is 2. The van der Waals surface area contributed by atoms with Crippen molar-refractivity contribution in [3.63, 3.8) is 0 Å². The Labute approximate surface area is 154 Å². The van der Waals surface area contributed by atoms with Gasteiger partial charge in [0, 0.05) is 37.9 Å². The number of piperidine rings is 1. The van der Waals surface area contributed by atoms with Crippen LogP contribution in [0, 0.1) is 0 Å². The van der Waals surface area contributed by atoms with E-state index in [-0.39, 0.29) is 11.9 Å². The molecule has 2 aliphatic rings. The Balaban J connectivity index is 1.29. The van der Waals surface area contributed by atoms with E-state index in [2.05, 4.69) is 50.8 Å². The molecular formula is C21H26N4O. The standard InChI is InChI=1S/C21H26N4O/c26-21(19-7-4-12-22-20(19)23-17-8-9-17)24-18-10-13-25(14-11-18)15-16-5-2-1-3-6-16/h1-7,12,17-18H,8-11,13-15H2,(H,22,23)(H,24,26). The third-order valence-electron chi connectivity index (χ3n) is 5.14. The molecular weight excluding hydrogens is 324 g/mol. The molecule has 5 nitrogen and oxygen atoms in total. The van der Waals surface area contributed by atoms with Crippen molar-refractivity contribution in [2.75, 3.05) is 18.4 Å². The van der Waals surface area contributed by atoms with Crippen LogP contribution in [0.1, 0.15) is 41.6 Å². The Morgan fingerprint density at radius 2 is 1.77 bits per heavy atom. The second-order valence-electron chi connectivity index (χ2n) is 7.33. The summed E-state index contributed by atoms with van der Waals surface area (Å²) in [5.41, 5.74) is 2.01. The molecule has 0 radical (unpaired) electrons. The molecule has 0 unspecified atom stereocenters. The fourth-order valence-electron chi connectivity index (χ4n) is 3.46. The number of hydrogen-bond donors (Lipinski definition) is 2. The molecule has 2 aromatic rings. The van der Waals surface area contributed by atoms with Crippen molar-refractivity contribution in [2.45, 2.75) is 44.3 Å². The zero-order valence-electron chi connectivity index (χ0n) is 15.0. The molecule has 2 heterocycles. The smallest absolute Gasteiger partial charge is 0.255 e.